The Hall–Kier alpha value is -0.630. The van der Waals surface area contributed by atoms with Crippen molar-refractivity contribution in [3.05, 3.63) is 12.2 Å². The topological polar surface area (TPSA) is 37.3 Å². The number of fused-ring (bicyclic) bond motifs is 7. The molecule has 180 valence electrons. The Bertz CT molecular complexity index is 827. The van der Waals surface area contributed by atoms with Gasteiger partial charge in [-0.3, -0.25) is 4.79 Å². The molecule has 5 aliphatic rings. The molecule has 0 aliphatic heterocycles. The van der Waals surface area contributed by atoms with E-state index in [-0.39, 0.29) is 16.2 Å². The molecule has 1 N–H and O–H groups in total. The van der Waals surface area contributed by atoms with Gasteiger partial charge in [0.15, 0.2) is 0 Å². The van der Waals surface area contributed by atoms with E-state index >= 15 is 0 Å². The van der Waals surface area contributed by atoms with E-state index in [2.05, 4.69) is 48.1 Å². The fourth-order valence-electron chi connectivity index (χ4n) is 11.4. The van der Waals surface area contributed by atoms with Crippen molar-refractivity contribution in [2.75, 3.05) is 6.61 Å². The minimum Gasteiger partial charge on any atom is -0.396 e. The highest BCUT2D eigenvalue weighted by Crippen LogP contribution is 2.77. The van der Waals surface area contributed by atoms with Crippen LogP contribution in [0, 0.1) is 56.7 Å². The Morgan fingerprint density at radius 3 is 2.28 bits per heavy atom. The van der Waals surface area contributed by atoms with Gasteiger partial charge in [-0.1, -0.05) is 46.8 Å². The first kappa shape index (κ1) is 23.1. The van der Waals surface area contributed by atoms with Crippen LogP contribution in [0.3, 0.4) is 0 Å². The van der Waals surface area contributed by atoms with E-state index in [1.165, 1.54) is 56.9 Å². The van der Waals surface area contributed by atoms with Crippen molar-refractivity contribution >= 4 is 5.78 Å². The summed E-state index contributed by atoms with van der Waals surface area (Å²) in [7, 11) is 0. The molecule has 9 atom stereocenters. The number of carbonyl (C=O) groups is 1. The minimum atomic E-state index is -0.165. The Morgan fingerprint density at radius 1 is 0.906 bits per heavy atom. The van der Waals surface area contributed by atoms with Gasteiger partial charge < -0.3 is 5.11 Å². The summed E-state index contributed by atoms with van der Waals surface area (Å²) in [6.45, 7) is 19.4. The van der Waals surface area contributed by atoms with Crippen molar-refractivity contribution in [3.8, 4) is 0 Å². The summed E-state index contributed by atoms with van der Waals surface area (Å²) in [5.41, 5.74) is 2.27. The molecular formula is C30H48O2. The number of hydrogen-bond donors (Lipinski definition) is 1. The van der Waals surface area contributed by atoms with Gasteiger partial charge in [0, 0.05) is 18.4 Å². The summed E-state index contributed by atoms with van der Waals surface area (Å²) < 4.78 is 0. The molecule has 5 rings (SSSR count). The smallest absolute Gasteiger partial charge is 0.138 e. The van der Waals surface area contributed by atoms with Crippen molar-refractivity contribution in [2.45, 2.75) is 106 Å². The highest BCUT2D eigenvalue weighted by molar-refractivity contribution is 5.85. The van der Waals surface area contributed by atoms with Crippen LogP contribution < -0.4 is 0 Å². The first-order chi connectivity index (χ1) is 14.9. The molecule has 0 heterocycles. The molecule has 0 radical (unpaired) electrons. The van der Waals surface area contributed by atoms with Crippen molar-refractivity contribution in [3.63, 3.8) is 0 Å². The molecular weight excluding hydrogens is 392 g/mol. The SMILES string of the molecule is C=C(C)C1CCC2(CO)CC[C@]3(C)[C@H](CC[C@@H]4[C@@]5(C)CCC(=O)C(C)(C)[C@@H]5CC[C@]43C)C12. The average molecular weight is 441 g/mol. The van der Waals surface area contributed by atoms with E-state index in [4.69, 9.17) is 0 Å². The molecule has 0 spiro atoms. The predicted molar refractivity (Wildman–Crippen MR) is 131 cm³/mol. The molecule has 2 nitrogen and oxygen atoms in total. The molecule has 32 heavy (non-hydrogen) atoms. The Balaban J connectivity index is 1.56. The second-order valence-corrected chi connectivity index (χ2v) is 14.4. The van der Waals surface area contributed by atoms with Crippen molar-refractivity contribution in [2.24, 2.45) is 56.7 Å². The lowest BCUT2D eigenvalue weighted by Crippen LogP contribution is -2.66. The number of Topliss-reactive ketones (excluding diaryl/α,β-unsaturated/α-hetero) is 1. The van der Waals surface area contributed by atoms with Gasteiger partial charge in [-0.25, -0.2) is 0 Å². The Kier molecular flexibility index (Phi) is 5.03. The number of rotatable bonds is 2. The zero-order valence-corrected chi connectivity index (χ0v) is 21.7. The quantitative estimate of drug-likeness (QED) is 0.461. The van der Waals surface area contributed by atoms with E-state index in [0.717, 1.165) is 12.8 Å². The highest BCUT2D eigenvalue weighted by atomic mass is 16.3. The molecule has 5 saturated carbocycles. The Morgan fingerprint density at radius 2 is 1.62 bits per heavy atom. The van der Waals surface area contributed by atoms with Crippen LogP contribution in [-0.2, 0) is 4.79 Å². The van der Waals surface area contributed by atoms with Crippen LogP contribution in [0.1, 0.15) is 106 Å². The lowest BCUT2D eigenvalue weighted by atomic mass is 9.32. The lowest BCUT2D eigenvalue weighted by Gasteiger charge is -2.72. The largest absolute Gasteiger partial charge is 0.396 e. The van der Waals surface area contributed by atoms with Crippen LogP contribution in [-0.4, -0.2) is 17.5 Å². The molecule has 2 heteroatoms. The molecule has 0 aromatic heterocycles. The third-order valence-electron chi connectivity index (χ3n) is 13.3. The van der Waals surface area contributed by atoms with Crippen molar-refractivity contribution in [1.82, 2.24) is 0 Å². The number of hydrogen-bond acceptors (Lipinski definition) is 2. The molecule has 0 aromatic carbocycles. The monoisotopic (exact) mass is 440 g/mol. The summed E-state index contributed by atoms with van der Waals surface area (Å²) in [6.07, 6.45) is 11.9. The first-order valence-electron chi connectivity index (χ1n) is 13.7. The van der Waals surface area contributed by atoms with Crippen LogP contribution in [0.25, 0.3) is 0 Å². The number of aliphatic hydroxyl groups is 1. The predicted octanol–water partition coefficient (Wildman–Crippen LogP) is 7.21. The van der Waals surface area contributed by atoms with E-state index in [1.54, 1.807) is 0 Å². The minimum absolute atomic E-state index is 0.136. The van der Waals surface area contributed by atoms with E-state index in [0.29, 0.717) is 52.8 Å². The van der Waals surface area contributed by atoms with E-state index in [9.17, 15) is 9.90 Å². The standard InChI is InChI=1S/C30H48O2/c1-19(2)20-10-15-30(18-31)17-16-28(6)21(25(20)30)8-9-23-27(5)13-12-24(32)26(3,4)22(27)11-14-29(23,28)7/h20-23,25,31H,1,8-18H2,2-7H3/t20?,21-,22+,23-,25?,27+,28-,29-,30?/m1/s1. The lowest BCUT2D eigenvalue weighted by molar-refractivity contribution is -0.236. The number of ketones is 1. The zero-order valence-electron chi connectivity index (χ0n) is 21.7. The van der Waals surface area contributed by atoms with Crippen LogP contribution in [0.4, 0.5) is 0 Å². The summed E-state index contributed by atoms with van der Waals surface area (Å²) in [5, 5.41) is 10.6. The normalized spacial score (nSPS) is 54.2. The maximum atomic E-state index is 12.9. The van der Waals surface area contributed by atoms with Crippen LogP contribution in [0.15, 0.2) is 12.2 Å². The summed E-state index contributed by atoms with van der Waals surface area (Å²) >= 11 is 0. The fourth-order valence-corrected chi connectivity index (χ4v) is 11.4. The average Bonchev–Trinajstić information content (AvgIpc) is 3.12. The van der Waals surface area contributed by atoms with Crippen LogP contribution in [0.2, 0.25) is 0 Å². The molecule has 5 fully saturated rings. The van der Waals surface area contributed by atoms with Crippen LogP contribution >= 0.6 is 0 Å². The number of aliphatic hydroxyl groups excluding tert-OH is 1. The fraction of sp³-hybridized carbons (Fsp3) is 0.900. The second kappa shape index (κ2) is 6.96. The highest BCUT2D eigenvalue weighted by Gasteiger charge is 2.70. The second-order valence-electron chi connectivity index (χ2n) is 14.4. The van der Waals surface area contributed by atoms with Crippen molar-refractivity contribution < 1.29 is 9.90 Å². The molecule has 0 aromatic rings. The van der Waals surface area contributed by atoms with Gasteiger partial charge in [0.2, 0.25) is 0 Å². The molecule has 0 bridgehead atoms. The molecule has 0 saturated heterocycles. The van der Waals surface area contributed by atoms with Crippen molar-refractivity contribution in [1.29, 1.82) is 0 Å². The van der Waals surface area contributed by atoms with Crippen LogP contribution in [0.5, 0.6) is 0 Å². The molecule has 5 aliphatic carbocycles. The maximum Gasteiger partial charge on any atom is 0.138 e. The molecule has 3 unspecified atom stereocenters. The third-order valence-corrected chi connectivity index (χ3v) is 13.3. The zero-order chi connectivity index (χ0) is 23.3. The van der Waals surface area contributed by atoms with Gasteiger partial charge in [0.05, 0.1) is 0 Å². The summed E-state index contributed by atoms with van der Waals surface area (Å²) in [5.74, 6) is 3.65. The summed E-state index contributed by atoms with van der Waals surface area (Å²) in [6, 6.07) is 0. The number of allylic oxidation sites excluding steroid dienone is 1. The van der Waals surface area contributed by atoms with Gasteiger partial charge in [-0.05, 0) is 116 Å². The van der Waals surface area contributed by atoms with Gasteiger partial charge >= 0.3 is 0 Å². The van der Waals surface area contributed by atoms with Gasteiger partial charge in [0.1, 0.15) is 5.78 Å². The summed E-state index contributed by atoms with van der Waals surface area (Å²) in [4.78, 5) is 12.9. The van der Waals surface area contributed by atoms with E-state index < -0.39 is 0 Å². The first-order valence-corrected chi connectivity index (χ1v) is 13.7. The maximum absolute atomic E-state index is 12.9. The Labute approximate surface area is 197 Å². The number of carbonyl (C=O) groups excluding carboxylic acids is 1. The van der Waals surface area contributed by atoms with Gasteiger partial charge in [-0.2, -0.15) is 0 Å². The van der Waals surface area contributed by atoms with E-state index in [1.807, 2.05) is 0 Å². The molecule has 0 amide bonds. The van der Waals surface area contributed by atoms with Gasteiger partial charge in [0.25, 0.3) is 0 Å². The third kappa shape index (κ3) is 2.60. The van der Waals surface area contributed by atoms with Gasteiger partial charge in [-0.15, -0.1) is 0 Å².